The summed E-state index contributed by atoms with van der Waals surface area (Å²) in [4.78, 5) is 3.83. The molecule has 0 atom stereocenters. The number of aromatic nitrogens is 1. The van der Waals surface area contributed by atoms with Gasteiger partial charge >= 0.3 is 0 Å². The van der Waals surface area contributed by atoms with Gasteiger partial charge in [0.25, 0.3) is 0 Å². The molecule has 0 saturated carbocycles. The molecule has 0 bridgehead atoms. The van der Waals surface area contributed by atoms with E-state index in [-0.39, 0.29) is 0 Å². The predicted octanol–water partition coefficient (Wildman–Crippen LogP) is 1.37. The van der Waals surface area contributed by atoms with Gasteiger partial charge in [0, 0.05) is 0 Å². The van der Waals surface area contributed by atoms with Crippen molar-refractivity contribution < 1.29 is 4.42 Å². The van der Waals surface area contributed by atoms with E-state index in [0.717, 1.165) is 5.69 Å². The standard InChI is InChI=1S/C6H8N2O/c1-4(7)6-5(2)8-3-9-6/h3,7H,1-2H3. The first-order valence-electron chi connectivity index (χ1n) is 2.67. The van der Waals surface area contributed by atoms with Gasteiger partial charge in [-0.1, -0.05) is 0 Å². The minimum absolute atomic E-state index is 0.421. The molecule has 0 aliphatic heterocycles. The summed E-state index contributed by atoms with van der Waals surface area (Å²) in [7, 11) is 0. The molecule has 0 spiro atoms. The fourth-order valence-corrected chi connectivity index (χ4v) is 0.662. The van der Waals surface area contributed by atoms with Gasteiger partial charge < -0.3 is 9.83 Å². The van der Waals surface area contributed by atoms with E-state index in [9.17, 15) is 0 Å². The van der Waals surface area contributed by atoms with Gasteiger partial charge in [0.2, 0.25) is 0 Å². The lowest BCUT2D eigenvalue weighted by atomic mass is 10.3. The second-order valence-electron chi connectivity index (χ2n) is 1.89. The van der Waals surface area contributed by atoms with E-state index >= 15 is 0 Å². The summed E-state index contributed by atoms with van der Waals surface area (Å²) in [5, 5.41) is 7.16. The highest BCUT2D eigenvalue weighted by Crippen LogP contribution is 2.04. The molecule has 0 radical (unpaired) electrons. The molecule has 0 fully saturated rings. The Morgan fingerprint density at radius 3 is 2.67 bits per heavy atom. The second kappa shape index (κ2) is 2.01. The van der Waals surface area contributed by atoms with Crippen LogP contribution in [0.5, 0.6) is 0 Å². The molecule has 1 rings (SSSR count). The van der Waals surface area contributed by atoms with Crippen molar-refractivity contribution in [2.24, 2.45) is 0 Å². The largest absolute Gasteiger partial charge is 0.442 e. The quantitative estimate of drug-likeness (QED) is 0.575. The number of nitrogens with one attached hydrogen (secondary N) is 1. The minimum atomic E-state index is 0.421. The number of nitrogens with zero attached hydrogens (tertiary/aromatic N) is 1. The average molecular weight is 124 g/mol. The molecule has 1 N–H and O–H groups in total. The zero-order valence-electron chi connectivity index (χ0n) is 5.43. The smallest absolute Gasteiger partial charge is 0.181 e. The molecule has 1 aromatic rings. The third-order valence-electron chi connectivity index (χ3n) is 1.09. The maximum absolute atomic E-state index is 7.16. The van der Waals surface area contributed by atoms with Gasteiger partial charge in [-0.15, -0.1) is 0 Å². The molecule has 1 heterocycles. The highest BCUT2D eigenvalue weighted by atomic mass is 16.3. The molecule has 3 nitrogen and oxygen atoms in total. The maximum Gasteiger partial charge on any atom is 0.181 e. The van der Waals surface area contributed by atoms with Crippen molar-refractivity contribution in [2.45, 2.75) is 13.8 Å². The summed E-state index contributed by atoms with van der Waals surface area (Å²) in [5.74, 6) is 0.579. The summed E-state index contributed by atoms with van der Waals surface area (Å²) in [6.07, 6.45) is 1.35. The fraction of sp³-hybridized carbons (Fsp3) is 0.333. The molecule has 48 valence electrons. The van der Waals surface area contributed by atoms with Crippen LogP contribution in [-0.4, -0.2) is 10.7 Å². The Morgan fingerprint density at radius 2 is 2.44 bits per heavy atom. The van der Waals surface area contributed by atoms with Crippen molar-refractivity contribution in [3.8, 4) is 0 Å². The van der Waals surface area contributed by atoms with Crippen molar-refractivity contribution in [1.29, 1.82) is 5.41 Å². The first-order chi connectivity index (χ1) is 4.22. The third kappa shape index (κ3) is 0.988. The third-order valence-corrected chi connectivity index (χ3v) is 1.09. The molecule has 0 amide bonds. The van der Waals surface area contributed by atoms with Crippen LogP contribution in [0.1, 0.15) is 18.4 Å². The first-order valence-corrected chi connectivity index (χ1v) is 2.67. The van der Waals surface area contributed by atoms with Gasteiger partial charge in [-0.05, 0) is 13.8 Å². The Morgan fingerprint density at radius 1 is 1.78 bits per heavy atom. The summed E-state index contributed by atoms with van der Waals surface area (Å²) >= 11 is 0. The predicted molar refractivity (Wildman–Crippen MR) is 33.7 cm³/mol. The topological polar surface area (TPSA) is 49.9 Å². The molecule has 1 aromatic heterocycles. The normalized spacial score (nSPS) is 9.56. The van der Waals surface area contributed by atoms with Crippen LogP contribution < -0.4 is 0 Å². The van der Waals surface area contributed by atoms with Gasteiger partial charge in [-0.3, -0.25) is 0 Å². The van der Waals surface area contributed by atoms with Crippen molar-refractivity contribution in [2.75, 3.05) is 0 Å². The van der Waals surface area contributed by atoms with Crippen LogP contribution in [0.25, 0.3) is 0 Å². The zero-order valence-corrected chi connectivity index (χ0v) is 5.43. The van der Waals surface area contributed by atoms with Crippen LogP contribution in [0, 0.1) is 12.3 Å². The van der Waals surface area contributed by atoms with E-state index in [1.807, 2.05) is 6.92 Å². The Kier molecular flexibility index (Phi) is 1.34. The number of rotatable bonds is 1. The second-order valence-corrected chi connectivity index (χ2v) is 1.89. The van der Waals surface area contributed by atoms with E-state index in [2.05, 4.69) is 4.98 Å². The zero-order chi connectivity index (χ0) is 6.85. The Hall–Kier alpha value is -1.12. The first kappa shape index (κ1) is 6.01. The molecule has 0 aliphatic rings. The van der Waals surface area contributed by atoms with Crippen LogP contribution in [0.4, 0.5) is 0 Å². The molecule has 0 aliphatic carbocycles. The molecule has 3 heteroatoms. The maximum atomic E-state index is 7.16. The van der Waals surface area contributed by atoms with Crippen molar-refractivity contribution in [3.05, 3.63) is 17.8 Å². The average Bonchev–Trinajstić information content (AvgIpc) is 2.13. The van der Waals surface area contributed by atoms with Crippen molar-refractivity contribution in [3.63, 3.8) is 0 Å². The van der Waals surface area contributed by atoms with Gasteiger partial charge in [-0.2, -0.15) is 0 Å². The lowest BCUT2D eigenvalue weighted by Gasteiger charge is -1.88. The lowest BCUT2D eigenvalue weighted by Crippen LogP contribution is -1.91. The van der Waals surface area contributed by atoms with E-state index in [0.29, 0.717) is 11.5 Å². The van der Waals surface area contributed by atoms with Crippen LogP contribution in [0.15, 0.2) is 10.8 Å². The number of hydrogen-bond donors (Lipinski definition) is 1. The number of aryl methyl sites for hydroxylation is 1. The molecular formula is C6H8N2O. The Balaban J connectivity index is 3.08. The van der Waals surface area contributed by atoms with E-state index in [1.165, 1.54) is 6.39 Å². The van der Waals surface area contributed by atoms with E-state index < -0.39 is 0 Å². The van der Waals surface area contributed by atoms with Gasteiger partial charge in [0.05, 0.1) is 11.4 Å². The highest BCUT2D eigenvalue weighted by Gasteiger charge is 2.03. The number of hydrogen-bond acceptors (Lipinski definition) is 3. The molecule has 0 aromatic carbocycles. The summed E-state index contributed by atoms with van der Waals surface area (Å²) in [6.45, 7) is 3.49. The van der Waals surface area contributed by atoms with Gasteiger partial charge in [0.15, 0.2) is 12.2 Å². The molecule has 0 saturated heterocycles. The van der Waals surface area contributed by atoms with E-state index in [4.69, 9.17) is 9.83 Å². The Labute approximate surface area is 53.2 Å². The SMILES string of the molecule is CC(=N)c1ocnc1C. The van der Waals surface area contributed by atoms with E-state index in [1.54, 1.807) is 6.92 Å². The lowest BCUT2D eigenvalue weighted by molar-refractivity contribution is 0.547. The monoisotopic (exact) mass is 124 g/mol. The van der Waals surface area contributed by atoms with Gasteiger partial charge in [0.1, 0.15) is 0 Å². The summed E-state index contributed by atoms with van der Waals surface area (Å²) in [6, 6.07) is 0. The summed E-state index contributed by atoms with van der Waals surface area (Å²) in [5.41, 5.74) is 1.20. The van der Waals surface area contributed by atoms with Gasteiger partial charge in [-0.25, -0.2) is 4.98 Å². The number of oxazole rings is 1. The van der Waals surface area contributed by atoms with Crippen molar-refractivity contribution >= 4 is 5.71 Å². The van der Waals surface area contributed by atoms with Crippen LogP contribution >= 0.6 is 0 Å². The molecule has 0 unspecified atom stereocenters. The Bertz CT molecular complexity index is 227. The summed E-state index contributed by atoms with van der Waals surface area (Å²) < 4.78 is 4.89. The van der Waals surface area contributed by atoms with Crippen LogP contribution in [0.2, 0.25) is 0 Å². The highest BCUT2D eigenvalue weighted by molar-refractivity contribution is 5.94. The minimum Gasteiger partial charge on any atom is -0.442 e. The fourth-order valence-electron chi connectivity index (χ4n) is 0.662. The van der Waals surface area contributed by atoms with Crippen molar-refractivity contribution in [1.82, 2.24) is 4.98 Å². The molecule has 9 heavy (non-hydrogen) atoms. The van der Waals surface area contributed by atoms with Crippen LogP contribution in [-0.2, 0) is 0 Å². The van der Waals surface area contributed by atoms with Crippen LogP contribution in [0.3, 0.4) is 0 Å². The molecular weight excluding hydrogens is 116 g/mol.